The Morgan fingerprint density at radius 3 is 2.60 bits per heavy atom. The van der Waals surface area contributed by atoms with Crippen molar-refractivity contribution >= 4 is 17.2 Å². The standard InChI is InChI=1S/C6H10N4/c1-9-5-4(7)2-3-10-6(5)8/h2-3,9H,1H3,(H4,7,8,10). The van der Waals surface area contributed by atoms with Gasteiger partial charge in [0.2, 0.25) is 0 Å². The van der Waals surface area contributed by atoms with Crippen molar-refractivity contribution in [2.75, 3.05) is 23.8 Å². The van der Waals surface area contributed by atoms with E-state index in [1.54, 1.807) is 19.3 Å². The van der Waals surface area contributed by atoms with Crippen LogP contribution in [0.2, 0.25) is 0 Å². The first kappa shape index (κ1) is 6.67. The monoisotopic (exact) mass is 138 g/mol. The first-order valence-electron chi connectivity index (χ1n) is 2.93. The summed E-state index contributed by atoms with van der Waals surface area (Å²) in [5, 5.41) is 2.85. The Labute approximate surface area is 59.2 Å². The third-order valence-electron chi connectivity index (χ3n) is 1.26. The van der Waals surface area contributed by atoms with Gasteiger partial charge in [0.25, 0.3) is 0 Å². The van der Waals surface area contributed by atoms with Gasteiger partial charge in [-0.3, -0.25) is 0 Å². The molecule has 0 aromatic carbocycles. The number of pyridine rings is 1. The normalized spacial score (nSPS) is 9.30. The molecule has 0 fully saturated rings. The number of hydrogen-bond acceptors (Lipinski definition) is 4. The van der Waals surface area contributed by atoms with Crippen LogP contribution in [0.15, 0.2) is 12.3 Å². The highest BCUT2D eigenvalue weighted by Crippen LogP contribution is 2.21. The molecule has 0 atom stereocenters. The van der Waals surface area contributed by atoms with E-state index in [0.29, 0.717) is 17.2 Å². The van der Waals surface area contributed by atoms with Crippen molar-refractivity contribution in [3.63, 3.8) is 0 Å². The number of hydrogen-bond donors (Lipinski definition) is 3. The molecule has 10 heavy (non-hydrogen) atoms. The summed E-state index contributed by atoms with van der Waals surface area (Å²) < 4.78 is 0. The average molecular weight is 138 g/mol. The third kappa shape index (κ3) is 0.953. The van der Waals surface area contributed by atoms with Gasteiger partial charge in [0, 0.05) is 13.2 Å². The summed E-state index contributed by atoms with van der Waals surface area (Å²) in [4.78, 5) is 3.85. The quantitative estimate of drug-likeness (QED) is 0.521. The van der Waals surface area contributed by atoms with Gasteiger partial charge in [-0.1, -0.05) is 0 Å². The molecule has 0 amide bonds. The molecule has 0 aliphatic heterocycles. The molecule has 4 nitrogen and oxygen atoms in total. The molecule has 1 rings (SSSR count). The summed E-state index contributed by atoms with van der Waals surface area (Å²) in [7, 11) is 1.75. The largest absolute Gasteiger partial charge is 0.397 e. The van der Waals surface area contributed by atoms with Gasteiger partial charge in [-0.25, -0.2) is 4.98 Å². The average Bonchev–Trinajstić information content (AvgIpc) is 1.88. The molecule has 4 heteroatoms. The fourth-order valence-corrected chi connectivity index (χ4v) is 0.766. The second kappa shape index (κ2) is 2.43. The van der Waals surface area contributed by atoms with Crippen molar-refractivity contribution < 1.29 is 0 Å². The Kier molecular flexibility index (Phi) is 1.62. The highest BCUT2D eigenvalue weighted by atomic mass is 14.9. The van der Waals surface area contributed by atoms with Crippen LogP contribution in [0.4, 0.5) is 17.2 Å². The lowest BCUT2D eigenvalue weighted by atomic mass is 10.3. The van der Waals surface area contributed by atoms with Crippen LogP contribution in [0.5, 0.6) is 0 Å². The summed E-state index contributed by atoms with van der Waals surface area (Å²) in [5.74, 6) is 0.433. The third-order valence-corrected chi connectivity index (χ3v) is 1.26. The van der Waals surface area contributed by atoms with Crippen LogP contribution in [-0.4, -0.2) is 12.0 Å². The van der Waals surface area contributed by atoms with E-state index in [4.69, 9.17) is 11.5 Å². The van der Waals surface area contributed by atoms with Gasteiger partial charge in [0.15, 0.2) is 0 Å². The fraction of sp³-hybridized carbons (Fsp3) is 0.167. The SMILES string of the molecule is CNc1c(N)ccnc1N. The number of nitrogens with two attached hydrogens (primary N) is 2. The fourth-order valence-electron chi connectivity index (χ4n) is 0.766. The first-order valence-corrected chi connectivity index (χ1v) is 2.93. The Balaban J connectivity index is 3.17. The molecule has 0 unspecified atom stereocenters. The van der Waals surface area contributed by atoms with Crippen LogP contribution in [0.1, 0.15) is 0 Å². The summed E-state index contributed by atoms with van der Waals surface area (Å²) in [6.45, 7) is 0. The Hall–Kier alpha value is -1.45. The van der Waals surface area contributed by atoms with Gasteiger partial charge >= 0.3 is 0 Å². The molecular weight excluding hydrogens is 128 g/mol. The summed E-state index contributed by atoms with van der Waals surface area (Å²) in [5.41, 5.74) is 12.3. The minimum atomic E-state index is 0.433. The van der Waals surface area contributed by atoms with Crippen molar-refractivity contribution in [2.24, 2.45) is 0 Å². The van der Waals surface area contributed by atoms with Gasteiger partial charge in [0.1, 0.15) is 5.82 Å². The lowest BCUT2D eigenvalue weighted by molar-refractivity contribution is 1.32. The number of rotatable bonds is 1. The molecule has 0 bridgehead atoms. The summed E-state index contributed by atoms with van der Waals surface area (Å²) in [6, 6.07) is 1.70. The van der Waals surface area contributed by atoms with Crippen LogP contribution in [0.3, 0.4) is 0 Å². The predicted octanol–water partition coefficient (Wildman–Crippen LogP) is 0.288. The van der Waals surface area contributed by atoms with Crippen molar-refractivity contribution in [3.05, 3.63) is 12.3 Å². The molecule has 0 aliphatic rings. The van der Waals surface area contributed by atoms with Crippen molar-refractivity contribution in [1.82, 2.24) is 4.98 Å². The van der Waals surface area contributed by atoms with E-state index in [9.17, 15) is 0 Å². The Morgan fingerprint density at radius 2 is 2.20 bits per heavy atom. The number of anilines is 3. The molecule has 0 radical (unpaired) electrons. The van der Waals surface area contributed by atoms with Gasteiger partial charge in [-0.15, -0.1) is 0 Å². The molecule has 1 aromatic heterocycles. The number of nitrogen functional groups attached to an aromatic ring is 2. The van der Waals surface area contributed by atoms with E-state index in [-0.39, 0.29) is 0 Å². The lowest BCUT2D eigenvalue weighted by Crippen LogP contribution is -2.01. The van der Waals surface area contributed by atoms with E-state index >= 15 is 0 Å². The molecule has 1 aromatic rings. The first-order chi connectivity index (χ1) is 4.75. The van der Waals surface area contributed by atoms with E-state index < -0.39 is 0 Å². The topological polar surface area (TPSA) is 77.0 Å². The minimum absolute atomic E-state index is 0.433. The van der Waals surface area contributed by atoms with E-state index in [1.807, 2.05) is 0 Å². The number of nitrogens with zero attached hydrogens (tertiary/aromatic N) is 1. The van der Waals surface area contributed by atoms with E-state index in [1.165, 1.54) is 0 Å². The highest BCUT2D eigenvalue weighted by Gasteiger charge is 1.99. The van der Waals surface area contributed by atoms with E-state index in [2.05, 4.69) is 10.3 Å². The molecule has 0 saturated heterocycles. The minimum Gasteiger partial charge on any atom is -0.397 e. The van der Waals surface area contributed by atoms with Crippen molar-refractivity contribution in [1.29, 1.82) is 0 Å². The number of aromatic nitrogens is 1. The maximum Gasteiger partial charge on any atom is 0.148 e. The van der Waals surface area contributed by atoms with Crippen LogP contribution in [0, 0.1) is 0 Å². The summed E-state index contributed by atoms with van der Waals surface area (Å²) >= 11 is 0. The smallest absolute Gasteiger partial charge is 0.148 e. The highest BCUT2D eigenvalue weighted by molar-refractivity contribution is 5.75. The van der Waals surface area contributed by atoms with Gasteiger partial charge in [-0.05, 0) is 6.07 Å². The molecule has 0 saturated carbocycles. The van der Waals surface area contributed by atoms with Crippen LogP contribution < -0.4 is 16.8 Å². The van der Waals surface area contributed by atoms with E-state index in [0.717, 1.165) is 0 Å². The molecule has 0 spiro atoms. The molecular formula is C6H10N4. The molecule has 54 valence electrons. The van der Waals surface area contributed by atoms with Crippen LogP contribution in [-0.2, 0) is 0 Å². The summed E-state index contributed by atoms with van der Waals surface area (Å²) in [6.07, 6.45) is 1.57. The van der Waals surface area contributed by atoms with Gasteiger partial charge < -0.3 is 16.8 Å². The number of nitrogens with one attached hydrogen (secondary N) is 1. The molecule has 1 heterocycles. The van der Waals surface area contributed by atoms with Crippen molar-refractivity contribution in [3.8, 4) is 0 Å². The van der Waals surface area contributed by atoms with Crippen molar-refractivity contribution in [2.45, 2.75) is 0 Å². The Bertz CT molecular complexity index is 213. The second-order valence-corrected chi connectivity index (χ2v) is 1.91. The predicted molar refractivity (Wildman–Crippen MR) is 42.6 cm³/mol. The van der Waals surface area contributed by atoms with Crippen LogP contribution >= 0.6 is 0 Å². The Morgan fingerprint density at radius 1 is 1.50 bits per heavy atom. The van der Waals surface area contributed by atoms with Gasteiger partial charge in [-0.2, -0.15) is 0 Å². The molecule has 5 N–H and O–H groups in total. The molecule has 0 aliphatic carbocycles. The van der Waals surface area contributed by atoms with Gasteiger partial charge in [0.05, 0.1) is 11.4 Å². The second-order valence-electron chi connectivity index (χ2n) is 1.91. The zero-order valence-electron chi connectivity index (χ0n) is 5.76. The van der Waals surface area contributed by atoms with Crippen LogP contribution in [0.25, 0.3) is 0 Å². The lowest BCUT2D eigenvalue weighted by Gasteiger charge is -2.05. The zero-order chi connectivity index (χ0) is 7.56. The maximum absolute atomic E-state index is 5.55. The zero-order valence-corrected chi connectivity index (χ0v) is 5.76. The maximum atomic E-state index is 5.55.